The molecule has 23 heavy (non-hydrogen) atoms. The molecule has 0 radical (unpaired) electrons. The molecule has 2 aromatic rings. The van der Waals surface area contributed by atoms with Crippen LogP contribution in [0.1, 0.15) is 23.3 Å². The van der Waals surface area contributed by atoms with E-state index in [4.69, 9.17) is 11.6 Å². The number of nitrogens with zero attached hydrogens (tertiary/aromatic N) is 3. The van der Waals surface area contributed by atoms with Crippen LogP contribution in [-0.2, 0) is 0 Å². The van der Waals surface area contributed by atoms with Gasteiger partial charge in [0.05, 0.1) is 11.2 Å². The largest absolute Gasteiger partial charge is 0.341 e. The SMILES string of the molecule is CSc1cccc(NC(=O)c2nc(N3CCCC3)ncc2Cl)c1. The van der Waals surface area contributed by atoms with Gasteiger partial charge in [-0.05, 0) is 37.3 Å². The Morgan fingerprint density at radius 2 is 2.13 bits per heavy atom. The summed E-state index contributed by atoms with van der Waals surface area (Å²) in [7, 11) is 0. The quantitative estimate of drug-likeness (QED) is 0.854. The topological polar surface area (TPSA) is 58.1 Å². The Hall–Kier alpha value is -1.79. The van der Waals surface area contributed by atoms with E-state index in [9.17, 15) is 4.79 Å². The molecule has 1 aromatic carbocycles. The second-order valence-corrected chi connectivity index (χ2v) is 6.53. The minimum atomic E-state index is -0.323. The number of aromatic nitrogens is 2. The van der Waals surface area contributed by atoms with Crippen LogP contribution in [0.2, 0.25) is 5.02 Å². The number of rotatable bonds is 4. The summed E-state index contributed by atoms with van der Waals surface area (Å²) in [4.78, 5) is 24.2. The van der Waals surface area contributed by atoms with Crippen molar-refractivity contribution in [3.05, 3.63) is 41.2 Å². The summed E-state index contributed by atoms with van der Waals surface area (Å²) < 4.78 is 0. The molecule has 0 bridgehead atoms. The van der Waals surface area contributed by atoms with Crippen molar-refractivity contribution in [3.63, 3.8) is 0 Å². The number of amides is 1. The molecule has 5 nitrogen and oxygen atoms in total. The summed E-state index contributed by atoms with van der Waals surface area (Å²) in [6.07, 6.45) is 5.73. The molecule has 2 heterocycles. The second kappa shape index (κ2) is 7.19. The molecule has 1 fully saturated rings. The molecule has 7 heteroatoms. The zero-order valence-corrected chi connectivity index (χ0v) is 14.3. The number of halogens is 1. The van der Waals surface area contributed by atoms with Crippen LogP contribution in [0.3, 0.4) is 0 Å². The lowest BCUT2D eigenvalue weighted by molar-refractivity contribution is 0.102. The summed E-state index contributed by atoms with van der Waals surface area (Å²) in [5, 5.41) is 3.10. The molecule has 0 unspecified atom stereocenters. The molecule has 0 aliphatic carbocycles. The highest BCUT2D eigenvalue weighted by atomic mass is 35.5. The van der Waals surface area contributed by atoms with Crippen LogP contribution in [0, 0.1) is 0 Å². The highest BCUT2D eigenvalue weighted by Crippen LogP contribution is 2.22. The van der Waals surface area contributed by atoms with Crippen LogP contribution >= 0.6 is 23.4 Å². The zero-order chi connectivity index (χ0) is 16.2. The Morgan fingerprint density at radius 1 is 1.35 bits per heavy atom. The maximum absolute atomic E-state index is 12.5. The molecule has 1 N–H and O–H groups in total. The number of benzene rings is 1. The third-order valence-corrected chi connectivity index (χ3v) is 4.66. The lowest BCUT2D eigenvalue weighted by atomic mass is 10.3. The Kier molecular flexibility index (Phi) is 5.03. The maximum Gasteiger partial charge on any atom is 0.276 e. The molecule has 0 saturated carbocycles. The van der Waals surface area contributed by atoms with E-state index in [0.717, 1.165) is 36.5 Å². The van der Waals surface area contributed by atoms with Crippen molar-refractivity contribution < 1.29 is 4.79 Å². The van der Waals surface area contributed by atoms with Crippen molar-refractivity contribution in [2.75, 3.05) is 29.6 Å². The first-order valence-corrected chi connectivity index (χ1v) is 9.00. The van der Waals surface area contributed by atoms with Crippen molar-refractivity contribution in [1.29, 1.82) is 0 Å². The number of hydrogen-bond donors (Lipinski definition) is 1. The van der Waals surface area contributed by atoms with Crippen molar-refractivity contribution in [1.82, 2.24) is 9.97 Å². The normalized spacial score (nSPS) is 14.1. The maximum atomic E-state index is 12.5. The number of carbonyl (C=O) groups excluding carboxylic acids is 1. The van der Waals surface area contributed by atoms with Crippen molar-refractivity contribution in [2.24, 2.45) is 0 Å². The molecule has 0 spiro atoms. The Labute approximate surface area is 144 Å². The zero-order valence-electron chi connectivity index (χ0n) is 12.8. The molecule has 1 saturated heterocycles. The Bertz CT molecular complexity index is 719. The standard InChI is InChI=1S/C16H17ClN4OS/c1-23-12-6-4-5-11(9-12)19-15(22)14-13(17)10-18-16(20-14)21-7-2-3-8-21/h4-6,9-10H,2-3,7-8H2,1H3,(H,19,22). The van der Waals surface area contributed by atoms with Crippen LogP contribution < -0.4 is 10.2 Å². The summed E-state index contributed by atoms with van der Waals surface area (Å²) in [5.41, 5.74) is 0.928. The average Bonchev–Trinajstić information content (AvgIpc) is 3.10. The van der Waals surface area contributed by atoms with E-state index in [-0.39, 0.29) is 16.6 Å². The van der Waals surface area contributed by atoms with Crippen molar-refractivity contribution in [3.8, 4) is 0 Å². The fraction of sp³-hybridized carbons (Fsp3) is 0.312. The van der Waals surface area contributed by atoms with Gasteiger partial charge in [-0.1, -0.05) is 17.7 Å². The van der Waals surface area contributed by atoms with E-state index in [1.165, 1.54) is 6.20 Å². The second-order valence-electron chi connectivity index (χ2n) is 5.25. The summed E-state index contributed by atoms with van der Waals surface area (Å²) in [5.74, 6) is 0.242. The van der Waals surface area contributed by atoms with E-state index in [2.05, 4.69) is 20.2 Å². The van der Waals surface area contributed by atoms with Gasteiger partial charge < -0.3 is 10.2 Å². The number of hydrogen-bond acceptors (Lipinski definition) is 5. The number of nitrogens with one attached hydrogen (secondary N) is 1. The van der Waals surface area contributed by atoms with Crippen LogP contribution in [0.15, 0.2) is 35.4 Å². The molecule has 0 atom stereocenters. The van der Waals surface area contributed by atoms with Crippen LogP contribution in [-0.4, -0.2) is 35.2 Å². The highest BCUT2D eigenvalue weighted by molar-refractivity contribution is 7.98. The van der Waals surface area contributed by atoms with Gasteiger partial charge in [0.2, 0.25) is 5.95 Å². The van der Waals surface area contributed by atoms with Gasteiger partial charge in [-0.2, -0.15) is 0 Å². The van der Waals surface area contributed by atoms with Crippen LogP contribution in [0.25, 0.3) is 0 Å². The first kappa shape index (κ1) is 16.1. The Morgan fingerprint density at radius 3 is 2.87 bits per heavy atom. The lowest BCUT2D eigenvalue weighted by Gasteiger charge is -2.16. The molecule has 1 amide bonds. The molecular weight excluding hydrogens is 332 g/mol. The van der Waals surface area contributed by atoms with Crippen LogP contribution in [0.5, 0.6) is 0 Å². The predicted molar refractivity (Wildman–Crippen MR) is 94.7 cm³/mol. The smallest absolute Gasteiger partial charge is 0.276 e. The van der Waals surface area contributed by atoms with E-state index in [1.807, 2.05) is 30.5 Å². The molecule has 1 aliphatic heterocycles. The lowest BCUT2D eigenvalue weighted by Crippen LogP contribution is -2.23. The third-order valence-electron chi connectivity index (χ3n) is 3.66. The highest BCUT2D eigenvalue weighted by Gasteiger charge is 2.19. The van der Waals surface area contributed by atoms with Crippen LogP contribution in [0.4, 0.5) is 11.6 Å². The average molecular weight is 349 g/mol. The number of thioether (sulfide) groups is 1. The minimum Gasteiger partial charge on any atom is -0.341 e. The summed E-state index contributed by atoms with van der Waals surface area (Å²) in [6, 6.07) is 7.65. The summed E-state index contributed by atoms with van der Waals surface area (Å²) in [6.45, 7) is 1.83. The van der Waals surface area contributed by atoms with Gasteiger partial charge in [-0.3, -0.25) is 4.79 Å². The fourth-order valence-electron chi connectivity index (χ4n) is 2.48. The third kappa shape index (κ3) is 3.76. The van der Waals surface area contributed by atoms with Crippen molar-refractivity contribution in [2.45, 2.75) is 17.7 Å². The van der Waals surface area contributed by atoms with Gasteiger partial charge >= 0.3 is 0 Å². The van der Waals surface area contributed by atoms with Gasteiger partial charge in [-0.15, -0.1) is 11.8 Å². The first-order valence-electron chi connectivity index (χ1n) is 7.40. The molecule has 3 rings (SSSR count). The molecular formula is C16H17ClN4OS. The predicted octanol–water partition coefficient (Wildman–Crippen LogP) is 3.70. The minimum absolute atomic E-state index is 0.207. The Balaban J connectivity index is 1.81. The van der Waals surface area contributed by atoms with E-state index in [0.29, 0.717) is 5.95 Å². The summed E-state index contributed by atoms with van der Waals surface area (Å²) >= 11 is 7.73. The first-order chi connectivity index (χ1) is 11.2. The molecule has 1 aliphatic rings. The molecule has 120 valence electrons. The number of anilines is 2. The van der Waals surface area contributed by atoms with Gasteiger partial charge in [0.15, 0.2) is 5.69 Å². The van der Waals surface area contributed by atoms with E-state index < -0.39 is 0 Å². The van der Waals surface area contributed by atoms with Gasteiger partial charge in [0.25, 0.3) is 5.91 Å². The van der Waals surface area contributed by atoms with E-state index >= 15 is 0 Å². The fourth-order valence-corrected chi connectivity index (χ4v) is 3.11. The van der Waals surface area contributed by atoms with Gasteiger partial charge in [0.1, 0.15) is 0 Å². The molecule has 1 aromatic heterocycles. The van der Waals surface area contributed by atoms with E-state index in [1.54, 1.807) is 11.8 Å². The van der Waals surface area contributed by atoms with Crippen molar-refractivity contribution >= 4 is 40.9 Å². The van der Waals surface area contributed by atoms with Gasteiger partial charge in [-0.25, -0.2) is 9.97 Å². The monoisotopic (exact) mass is 348 g/mol. The van der Waals surface area contributed by atoms with Gasteiger partial charge in [0, 0.05) is 23.7 Å². The number of carbonyl (C=O) groups is 1.